The maximum absolute atomic E-state index is 11.7. The summed E-state index contributed by atoms with van der Waals surface area (Å²) in [6, 6.07) is 3.97. The number of carbonyl (C=O) groups excluding carboxylic acids is 1. The Kier molecular flexibility index (Phi) is 6.25. The van der Waals surface area contributed by atoms with Crippen LogP contribution in [0.1, 0.15) is 19.4 Å². The van der Waals surface area contributed by atoms with Crippen LogP contribution in [0.15, 0.2) is 24.5 Å². The lowest BCUT2D eigenvalue weighted by atomic mass is 10.2. The van der Waals surface area contributed by atoms with Crippen molar-refractivity contribution in [2.75, 3.05) is 26.2 Å². The van der Waals surface area contributed by atoms with Gasteiger partial charge in [-0.1, -0.05) is 6.07 Å². The normalized spacial score (nSPS) is 10.2. The molecule has 94 valence electrons. The van der Waals surface area contributed by atoms with Gasteiger partial charge in [-0.15, -0.1) is 0 Å². The summed E-state index contributed by atoms with van der Waals surface area (Å²) in [7, 11) is 0. The number of hydrogen-bond donors (Lipinski definition) is 1. The first-order chi connectivity index (χ1) is 8.27. The topological polar surface area (TPSA) is 45.2 Å². The lowest BCUT2D eigenvalue weighted by Gasteiger charge is -2.18. The van der Waals surface area contributed by atoms with E-state index >= 15 is 0 Å². The monoisotopic (exact) mass is 235 g/mol. The van der Waals surface area contributed by atoms with Crippen molar-refractivity contribution in [1.29, 1.82) is 0 Å². The molecule has 1 rings (SSSR count). The molecule has 1 heterocycles. The molecule has 0 bridgehead atoms. The Labute approximate surface area is 103 Å². The van der Waals surface area contributed by atoms with Gasteiger partial charge in [0.05, 0.1) is 6.54 Å². The number of nitrogens with one attached hydrogen (secondary N) is 1. The Balaban J connectivity index is 2.18. The van der Waals surface area contributed by atoms with Crippen LogP contribution in [0, 0.1) is 0 Å². The summed E-state index contributed by atoms with van der Waals surface area (Å²) < 4.78 is 0. The molecule has 0 spiro atoms. The molecule has 0 aliphatic rings. The Hall–Kier alpha value is -1.42. The van der Waals surface area contributed by atoms with E-state index in [2.05, 4.69) is 10.3 Å². The minimum absolute atomic E-state index is 0.168. The average molecular weight is 235 g/mol. The summed E-state index contributed by atoms with van der Waals surface area (Å²) in [5.41, 5.74) is 1.19. The highest BCUT2D eigenvalue weighted by atomic mass is 16.2. The Bertz CT molecular complexity index is 323. The average Bonchev–Trinajstić information content (AvgIpc) is 2.37. The molecule has 0 aromatic carbocycles. The van der Waals surface area contributed by atoms with Crippen LogP contribution in [0.25, 0.3) is 0 Å². The van der Waals surface area contributed by atoms with Crippen LogP contribution in [-0.2, 0) is 11.2 Å². The number of carbonyl (C=O) groups is 1. The van der Waals surface area contributed by atoms with E-state index < -0.39 is 0 Å². The predicted octanol–water partition coefficient (Wildman–Crippen LogP) is 1.08. The zero-order valence-electron chi connectivity index (χ0n) is 10.6. The van der Waals surface area contributed by atoms with Crippen molar-refractivity contribution < 1.29 is 4.79 Å². The number of pyridine rings is 1. The Morgan fingerprint density at radius 3 is 2.76 bits per heavy atom. The molecule has 1 aromatic heterocycles. The molecule has 0 aliphatic heterocycles. The van der Waals surface area contributed by atoms with Crippen LogP contribution in [0.2, 0.25) is 0 Å². The van der Waals surface area contributed by atoms with E-state index in [1.165, 1.54) is 5.56 Å². The van der Waals surface area contributed by atoms with E-state index in [9.17, 15) is 4.79 Å². The van der Waals surface area contributed by atoms with Gasteiger partial charge in [-0.2, -0.15) is 0 Å². The summed E-state index contributed by atoms with van der Waals surface area (Å²) in [5.74, 6) is 0.168. The second-order valence-electron chi connectivity index (χ2n) is 3.85. The first kappa shape index (κ1) is 13.6. The molecule has 17 heavy (non-hydrogen) atoms. The highest BCUT2D eigenvalue weighted by Crippen LogP contribution is 1.95. The molecule has 0 unspecified atom stereocenters. The second kappa shape index (κ2) is 7.79. The van der Waals surface area contributed by atoms with Gasteiger partial charge < -0.3 is 10.2 Å². The van der Waals surface area contributed by atoms with Crippen molar-refractivity contribution in [3.8, 4) is 0 Å². The van der Waals surface area contributed by atoms with E-state index in [1.54, 1.807) is 6.20 Å². The van der Waals surface area contributed by atoms with Crippen molar-refractivity contribution in [2.24, 2.45) is 0 Å². The zero-order valence-corrected chi connectivity index (χ0v) is 10.6. The number of aromatic nitrogens is 1. The molecule has 0 saturated carbocycles. The third kappa shape index (κ3) is 4.95. The molecule has 1 aromatic rings. The molecule has 1 amide bonds. The third-order valence-corrected chi connectivity index (χ3v) is 2.71. The molecule has 0 aliphatic carbocycles. The largest absolute Gasteiger partial charge is 0.342 e. The smallest absolute Gasteiger partial charge is 0.236 e. The number of amides is 1. The minimum atomic E-state index is 0.168. The van der Waals surface area contributed by atoms with Gasteiger partial charge in [0.2, 0.25) is 5.91 Å². The van der Waals surface area contributed by atoms with E-state index in [-0.39, 0.29) is 5.91 Å². The summed E-state index contributed by atoms with van der Waals surface area (Å²) in [6.07, 6.45) is 4.52. The van der Waals surface area contributed by atoms with Crippen molar-refractivity contribution in [3.05, 3.63) is 30.1 Å². The van der Waals surface area contributed by atoms with E-state index in [0.29, 0.717) is 6.54 Å². The fourth-order valence-corrected chi connectivity index (χ4v) is 1.66. The molecule has 1 N–H and O–H groups in total. The first-order valence-corrected chi connectivity index (χ1v) is 6.15. The van der Waals surface area contributed by atoms with Crippen molar-refractivity contribution in [3.63, 3.8) is 0 Å². The van der Waals surface area contributed by atoms with Gasteiger partial charge in [0.25, 0.3) is 0 Å². The molecular formula is C13H21N3O. The standard InChI is InChI=1S/C13H21N3O/c1-3-16(4-2)13(17)11-15-9-7-12-6-5-8-14-10-12/h5-6,8,10,15H,3-4,7,9,11H2,1-2H3. The van der Waals surface area contributed by atoms with Gasteiger partial charge in [-0.3, -0.25) is 9.78 Å². The number of likely N-dealkylation sites (N-methyl/N-ethyl adjacent to an activating group) is 1. The summed E-state index contributed by atoms with van der Waals surface area (Å²) in [4.78, 5) is 17.5. The fraction of sp³-hybridized carbons (Fsp3) is 0.538. The highest BCUT2D eigenvalue weighted by molar-refractivity contribution is 5.78. The van der Waals surface area contributed by atoms with Gasteiger partial charge in [-0.05, 0) is 38.4 Å². The molecule has 0 fully saturated rings. The minimum Gasteiger partial charge on any atom is -0.342 e. The number of hydrogen-bond acceptors (Lipinski definition) is 3. The quantitative estimate of drug-likeness (QED) is 0.719. The predicted molar refractivity (Wildman–Crippen MR) is 68.7 cm³/mol. The molecule has 0 atom stereocenters. The first-order valence-electron chi connectivity index (χ1n) is 6.15. The summed E-state index contributed by atoms with van der Waals surface area (Å²) in [6.45, 7) is 6.77. The maximum Gasteiger partial charge on any atom is 0.236 e. The van der Waals surface area contributed by atoms with Gasteiger partial charge >= 0.3 is 0 Å². The van der Waals surface area contributed by atoms with Crippen LogP contribution < -0.4 is 5.32 Å². The van der Waals surface area contributed by atoms with E-state index in [1.807, 2.05) is 37.1 Å². The van der Waals surface area contributed by atoms with Crippen LogP contribution >= 0.6 is 0 Å². The highest BCUT2D eigenvalue weighted by Gasteiger charge is 2.07. The molecule has 4 nitrogen and oxygen atoms in total. The lowest BCUT2D eigenvalue weighted by molar-refractivity contribution is -0.129. The zero-order chi connectivity index (χ0) is 12.5. The molecule has 0 radical (unpaired) electrons. The van der Waals surface area contributed by atoms with Crippen molar-refractivity contribution in [1.82, 2.24) is 15.2 Å². The van der Waals surface area contributed by atoms with Crippen LogP contribution in [0.3, 0.4) is 0 Å². The number of nitrogens with zero attached hydrogens (tertiary/aromatic N) is 2. The van der Waals surface area contributed by atoms with Crippen LogP contribution in [0.5, 0.6) is 0 Å². The van der Waals surface area contributed by atoms with Crippen LogP contribution in [-0.4, -0.2) is 42.0 Å². The number of rotatable bonds is 7. The van der Waals surface area contributed by atoms with Crippen LogP contribution in [0.4, 0.5) is 0 Å². The lowest BCUT2D eigenvalue weighted by Crippen LogP contribution is -2.38. The van der Waals surface area contributed by atoms with Gasteiger partial charge in [-0.25, -0.2) is 0 Å². The van der Waals surface area contributed by atoms with Gasteiger partial charge in [0, 0.05) is 25.5 Å². The molecule has 0 saturated heterocycles. The van der Waals surface area contributed by atoms with Crippen molar-refractivity contribution >= 4 is 5.91 Å². The Morgan fingerprint density at radius 2 is 2.18 bits per heavy atom. The SMILES string of the molecule is CCN(CC)C(=O)CNCCc1cccnc1. The van der Waals surface area contributed by atoms with E-state index in [0.717, 1.165) is 26.1 Å². The summed E-state index contributed by atoms with van der Waals surface area (Å²) >= 11 is 0. The van der Waals surface area contributed by atoms with Gasteiger partial charge in [0.15, 0.2) is 0 Å². The molecule has 4 heteroatoms. The maximum atomic E-state index is 11.7. The fourth-order valence-electron chi connectivity index (χ4n) is 1.66. The second-order valence-corrected chi connectivity index (χ2v) is 3.85. The van der Waals surface area contributed by atoms with E-state index in [4.69, 9.17) is 0 Å². The van der Waals surface area contributed by atoms with Gasteiger partial charge in [0.1, 0.15) is 0 Å². The van der Waals surface area contributed by atoms with Crippen molar-refractivity contribution in [2.45, 2.75) is 20.3 Å². The summed E-state index contributed by atoms with van der Waals surface area (Å²) in [5, 5.41) is 3.16. The third-order valence-electron chi connectivity index (χ3n) is 2.71. The molecular weight excluding hydrogens is 214 g/mol. The Morgan fingerprint density at radius 1 is 1.41 bits per heavy atom.